The molecule has 0 aliphatic rings. The Bertz CT molecular complexity index is 337. The Hall–Kier alpha value is -0.540. The molecule has 2 N–H and O–H groups in total. The van der Waals surface area contributed by atoms with Gasteiger partial charge in [-0.05, 0) is 59.1 Å². The van der Waals surface area contributed by atoms with Gasteiger partial charge in [-0.25, -0.2) is 0 Å². The summed E-state index contributed by atoms with van der Waals surface area (Å²) in [6.07, 6.45) is 0.849. The summed E-state index contributed by atoms with van der Waals surface area (Å²) in [7, 11) is 1.92. The quantitative estimate of drug-likeness (QED) is 0.883. The first-order valence-corrected chi connectivity index (χ1v) is 6.01. The van der Waals surface area contributed by atoms with Crippen LogP contribution >= 0.6 is 15.9 Å². The summed E-state index contributed by atoms with van der Waals surface area (Å²) in [6, 6.07) is 4.07. The SMILES string of the molecule is CNCCc1cc(C(C)C)cc(Br)c1O. The lowest BCUT2D eigenvalue weighted by Crippen LogP contribution is -2.10. The molecule has 0 amide bonds. The van der Waals surface area contributed by atoms with Crippen LogP contribution in [0.1, 0.15) is 30.9 Å². The molecule has 3 heteroatoms. The van der Waals surface area contributed by atoms with Crippen LogP contribution in [0.15, 0.2) is 16.6 Å². The molecule has 84 valence electrons. The minimum absolute atomic E-state index is 0.370. The summed E-state index contributed by atoms with van der Waals surface area (Å²) in [5, 5.41) is 12.9. The van der Waals surface area contributed by atoms with Crippen molar-refractivity contribution in [2.24, 2.45) is 0 Å². The minimum atomic E-state index is 0.370. The number of benzene rings is 1. The van der Waals surface area contributed by atoms with Gasteiger partial charge in [-0.2, -0.15) is 0 Å². The minimum Gasteiger partial charge on any atom is -0.506 e. The van der Waals surface area contributed by atoms with Crippen LogP contribution in [0.5, 0.6) is 5.75 Å². The lowest BCUT2D eigenvalue weighted by molar-refractivity contribution is 0.463. The van der Waals surface area contributed by atoms with Gasteiger partial charge in [0, 0.05) is 0 Å². The van der Waals surface area contributed by atoms with Gasteiger partial charge in [0.15, 0.2) is 0 Å². The average Bonchev–Trinajstić information content (AvgIpc) is 2.19. The zero-order valence-corrected chi connectivity index (χ0v) is 11.1. The van der Waals surface area contributed by atoms with Crippen molar-refractivity contribution in [1.82, 2.24) is 5.32 Å². The van der Waals surface area contributed by atoms with Gasteiger partial charge < -0.3 is 10.4 Å². The maximum Gasteiger partial charge on any atom is 0.133 e. The van der Waals surface area contributed by atoms with Crippen LogP contribution in [0, 0.1) is 0 Å². The van der Waals surface area contributed by atoms with E-state index in [4.69, 9.17) is 0 Å². The van der Waals surface area contributed by atoms with Crippen LogP contribution in [0.3, 0.4) is 0 Å². The smallest absolute Gasteiger partial charge is 0.133 e. The molecule has 0 spiro atoms. The highest BCUT2D eigenvalue weighted by atomic mass is 79.9. The number of likely N-dealkylation sites (N-methyl/N-ethyl adjacent to an activating group) is 1. The maximum atomic E-state index is 9.86. The number of phenols is 1. The molecule has 2 nitrogen and oxygen atoms in total. The summed E-state index contributed by atoms with van der Waals surface area (Å²) in [5.41, 5.74) is 2.26. The molecule has 0 saturated carbocycles. The van der Waals surface area contributed by atoms with Gasteiger partial charge >= 0.3 is 0 Å². The molecule has 0 unspecified atom stereocenters. The average molecular weight is 272 g/mol. The molecule has 0 radical (unpaired) electrons. The highest BCUT2D eigenvalue weighted by Gasteiger charge is 2.09. The summed E-state index contributed by atoms with van der Waals surface area (Å²) >= 11 is 3.39. The van der Waals surface area contributed by atoms with Gasteiger partial charge in [0.05, 0.1) is 4.47 Å². The number of nitrogens with one attached hydrogen (secondary N) is 1. The highest BCUT2D eigenvalue weighted by molar-refractivity contribution is 9.10. The van der Waals surface area contributed by atoms with Crippen LogP contribution in [0.4, 0.5) is 0 Å². The molecule has 1 rings (SSSR count). The molecule has 0 atom stereocenters. The van der Waals surface area contributed by atoms with E-state index in [-0.39, 0.29) is 0 Å². The van der Waals surface area contributed by atoms with E-state index in [0.717, 1.165) is 23.0 Å². The number of phenolic OH excluding ortho intramolecular Hbond substituents is 1. The van der Waals surface area contributed by atoms with Gasteiger partial charge in [0.1, 0.15) is 5.75 Å². The van der Waals surface area contributed by atoms with Crippen LogP contribution in [-0.4, -0.2) is 18.7 Å². The molecule has 1 aromatic rings. The summed E-state index contributed by atoms with van der Waals surface area (Å²) in [6.45, 7) is 5.18. The second-order valence-electron chi connectivity index (χ2n) is 4.02. The van der Waals surface area contributed by atoms with E-state index in [1.54, 1.807) is 0 Å². The Morgan fingerprint density at radius 2 is 2.07 bits per heavy atom. The maximum absolute atomic E-state index is 9.86. The summed E-state index contributed by atoms with van der Waals surface area (Å²) in [4.78, 5) is 0. The van der Waals surface area contributed by atoms with Gasteiger partial charge in [0.2, 0.25) is 0 Å². The Labute approximate surface area is 99.8 Å². The number of halogens is 1. The lowest BCUT2D eigenvalue weighted by Gasteiger charge is -2.12. The van der Waals surface area contributed by atoms with Crippen LogP contribution in [0.2, 0.25) is 0 Å². The van der Waals surface area contributed by atoms with Gasteiger partial charge in [-0.1, -0.05) is 19.9 Å². The molecule has 15 heavy (non-hydrogen) atoms. The lowest BCUT2D eigenvalue weighted by atomic mass is 9.99. The summed E-state index contributed by atoms with van der Waals surface area (Å²) < 4.78 is 0.791. The molecule has 0 aromatic heterocycles. The molecule has 0 fully saturated rings. The van der Waals surface area contributed by atoms with E-state index in [0.29, 0.717) is 11.7 Å². The van der Waals surface area contributed by atoms with E-state index < -0.39 is 0 Å². The Kier molecular flexibility index (Phi) is 4.61. The van der Waals surface area contributed by atoms with Gasteiger partial charge in [-0.3, -0.25) is 0 Å². The predicted octanol–water partition coefficient (Wildman–Crippen LogP) is 3.04. The van der Waals surface area contributed by atoms with Crippen molar-refractivity contribution >= 4 is 15.9 Å². The molecule has 0 heterocycles. The molecular formula is C12H18BrNO. The van der Waals surface area contributed by atoms with Crippen molar-refractivity contribution in [2.45, 2.75) is 26.2 Å². The molecule has 0 aliphatic heterocycles. The highest BCUT2D eigenvalue weighted by Crippen LogP contribution is 2.32. The second kappa shape index (κ2) is 5.52. The summed E-state index contributed by atoms with van der Waals surface area (Å²) in [5.74, 6) is 0.852. The third-order valence-electron chi connectivity index (χ3n) is 2.48. The van der Waals surface area contributed by atoms with Crippen LogP contribution in [0.25, 0.3) is 0 Å². The van der Waals surface area contributed by atoms with Crippen LogP contribution in [-0.2, 0) is 6.42 Å². The predicted molar refractivity (Wildman–Crippen MR) is 67.5 cm³/mol. The Balaban J connectivity index is 3.02. The van der Waals surface area contributed by atoms with Crippen molar-refractivity contribution in [2.75, 3.05) is 13.6 Å². The third kappa shape index (κ3) is 3.21. The van der Waals surface area contributed by atoms with Crippen molar-refractivity contribution < 1.29 is 5.11 Å². The molecule has 0 aliphatic carbocycles. The van der Waals surface area contributed by atoms with E-state index >= 15 is 0 Å². The molecule has 0 bridgehead atoms. The van der Waals surface area contributed by atoms with Gasteiger partial charge in [0.25, 0.3) is 0 Å². The fraction of sp³-hybridized carbons (Fsp3) is 0.500. The fourth-order valence-electron chi connectivity index (χ4n) is 1.46. The first-order chi connectivity index (χ1) is 7.06. The zero-order valence-electron chi connectivity index (χ0n) is 9.47. The van der Waals surface area contributed by atoms with Gasteiger partial charge in [-0.15, -0.1) is 0 Å². The standard InChI is InChI=1S/C12H18BrNO/c1-8(2)10-6-9(4-5-14-3)12(15)11(13)7-10/h6-8,14-15H,4-5H2,1-3H3. The van der Waals surface area contributed by atoms with Crippen molar-refractivity contribution in [1.29, 1.82) is 0 Å². The Morgan fingerprint density at radius 1 is 1.40 bits per heavy atom. The molecule has 0 saturated heterocycles. The van der Waals surface area contributed by atoms with E-state index in [1.807, 2.05) is 13.1 Å². The third-order valence-corrected chi connectivity index (χ3v) is 3.08. The molecule has 1 aromatic carbocycles. The van der Waals surface area contributed by atoms with E-state index in [9.17, 15) is 5.11 Å². The largest absolute Gasteiger partial charge is 0.506 e. The van der Waals surface area contributed by atoms with Crippen molar-refractivity contribution in [3.8, 4) is 5.75 Å². The van der Waals surface area contributed by atoms with Crippen molar-refractivity contribution in [3.05, 3.63) is 27.7 Å². The normalized spacial score (nSPS) is 11.0. The van der Waals surface area contributed by atoms with E-state index in [1.165, 1.54) is 5.56 Å². The Morgan fingerprint density at radius 3 is 2.60 bits per heavy atom. The first kappa shape index (κ1) is 12.5. The number of rotatable bonds is 4. The van der Waals surface area contributed by atoms with Crippen LogP contribution < -0.4 is 5.32 Å². The molecular weight excluding hydrogens is 254 g/mol. The monoisotopic (exact) mass is 271 g/mol. The number of hydrogen-bond acceptors (Lipinski definition) is 2. The topological polar surface area (TPSA) is 32.3 Å². The number of hydrogen-bond donors (Lipinski definition) is 2. The first-order valence-electron chi connectivity index (χ1n) is 5.22. The van der Waals surface area contributed by atoms with Crippen molar-refractivity contribution in [3.63, 3.8) is 0 Å². The zero-order chi connectivity index (χ0) is 11.4. The second-order valence-corrected chi connectivity index (χ2v) is 4.87. The number of aromatic hydroxyl groups is 1. The van der Waals surface area contributed by atoms with E-state index in [2.05, 4.69) is 41.2 Å². The fourth-order valence-corrected chi connectivity index (χ4v) is 1.98.